The Balaban J connectivity index is 1.65. The van der Waals surface area contributed by atoms with Crippen LogP contribution >= 0.6 is 0 Å². The summed E-state index contributed by atoms with van der Waals surface area (Å²) in [7, 11) is 0. The predicted octanol–water partition coefficient (Wildman–Crippen LogP) is 3.37. The Kier molecular flexibility index (Phi) is 3.90. The molecule has 6 heteroatoms. The number of benzene rings is 1. The van der Waals surface area contributed by atoms with Crippen LogP contribution in [-0.4, -0.2) is 32.2 Å². The highest BCUT2D eigenvalue weighted by Crippen LogP contribution is 2.24. The highest BCUT2D eigenvalue weighted by Gasteiger charge is 2.18. The van der Waals surface area contributed by atoms with Crippen LogP contribution in [0.15, 0.2) is 30.9 Å². The zero-order valence-corrected chi connectivity index (χ0v) is 14.0. The van der Waals surface area contributed by atoms with Gasteiger partial charge in [0.1, 0.15) is 6.33 Å². The van der Waals surface area contributed by atoms with Crippen molar-refractivity contribution in [2.24, 2.45) is 0 Å². The molecule has 1 aromatic carbocycles. The second-order valence-corrected chi connectivity index (χ2v) is 6.43. The van der Waals surface area contributed by atoms with E-state index in [4.69, 9.17) is 4.74 Å². The molecule has 4 rings (SSSR count). The fourth-order valence-corrected chi connectivity index (χ4v) is 3.30. The molecule has 1 atom stereocenters. The van der Waals surface area contributed by atoms with E-state index in [0.29, 0.717) is 0 Å². The normalized spacial score (nSPS) is 17.5. The molecular formula is C18H21N5O. The first kappa shape index (κ1) is 15.1. The van der Waals surface area contributed by atoms with Gasteiger partial charge in [0, 0.05) is 12.3 Å². The van der Waals surface area contributed by atoms with Crippen LogP contribution in [0.4, 0.5) is 11.5 Å². The van der Waals surface area contributed by atoms with Crippen molar-refractivity contribution >= 4 is 22.7 Å². The molecule has 0 saturated carbocycles. The monoisotopic (exact) mass is 323 g/mol. The fourth-order valence-electron chi connectivity index (χ4n) is 3.30. The van der Waals surface area contributed by atoms with Crippen molar-refractivity contribution in [2.45, 2.75) is 39.3 Å². The Morgan fingerprint density at radius 2 is 2.00 bits per heavy atom. The average molecular weight is 323 g/mol. The van der Waals surface area contributed by atoms with Crippen LogP contribution in [0.25, 0.3) is 11.2 Å². The van der Waals surface area contributed by atoms with Crippen LogP contribution in [0.5, 0.6) is 0 Å². The summed E-state index contributed by atoms with van der Waals surface area (Å²) in [4.78, 5) is 13.3. The van der Waals surface area contributed by atoms with Gasteiger partial charge in [-0.25, -0.2) is 15.0 Å². The maximum atomic E-state index is 5.72. The second-order valence-electron chi connectivity index (χ2n) is 6.43. The number of nitrogens with zero attached hydrogens (tertiary/aromatic N) is 4. The predicted molar refractivity (Wildman–Crippen MR) is 93.5 cm³/mol. The molecule has 3 aromatic rings. The lowest BCUT2D eigenvalue weighted by Crippen LogP contribution is -2.14. The van der Waals surface area contributed by atoms with Gasteiger partial charge < -0.3 is 14.6 Å². The molecule has 24 heavy (non-hydrogen) atoms. The smallest absolute Gasteiger partial charge is 0.165 e. The minimum absolute atomic E-state index is 0.258. The molecule has 3 heterocycles. The third kappa shape index (κ3) is 2.97. The van der Waals surface area contributed by atoms with E-state index in [1.165, 1.54) is 11.1 Å². The Labute approximate surface area is 140 Å². The highest BCUT2D eigenvalue weighted by molar-refractivity contribution is 5.85. The summed E-state index contributed by atoms with van der Waals surface area (Å²) in [5.74, 6) is 0.732. The molecule has 0 aliphatic carbocycles. The van der Waals surface area contributed by atoms with Gasteiger partial charge in [-0.05, 0) is 49.9 Å². The zero-order chi connectivity index (χ0) is 16.5. The second kappa shape index (κ2) is 6.20. The molecule has 1 fully saturated rings. The topological polar surface area (TPSA) is 64.9 Å². The molecule has 0 amide bonds. The number of fused-ring (bicyclic) bond motifs is 1. The summed E-state index contributed by atoms with van der Waals surface area (Å²) in [5.41, 5.74) is 5.07. The Hall–Kier alpha value is -2.47. The Morgan fingerprint density at radius 1 is 1.17 bits per heavy atom. The minimum atomic E-state index is 0.258. The van der Waals surface area contributed by atoms with E-state index in [1.54, 1.807) is 6.33 Å². The van der Waals surface area contributed by atoms with Crippen molar-refractivity contribution in [3.8, 4) is 0 Å². The largest absolute Gasteiger partial charge is 0.376 e. The molecule has 1 aliphatic heterocycles. The molecular weight excluding hydrogens is 302 g/mol. The minimum Gasteiger partial charge on any atom is -0.376 e. The summed E-state index contributed by atoms with van der Waals surface area (Å²) < 4.78 is 7.78. The van der Waals surface area contributed by atoms with E-state index in [2.05, 4.69) is 56.9 Å². The van der Waals surface area contributed by atoms with Crippen molar-refractivity contribution in [3.05, 3.63) is 42.0 Å². The molecule has 2 aromatic heterocycles. The summed E-state index contributed by atoms with van der Waals surface area (Å²) in [6.45, 7) is 5.82. The first-order valence-corrected chi connectivity index (χ1v) is 8.32. The number of imidazole rings is 1. The number of hydrogen-bond donors (Lipinski definition) is 1. The van der Waals surface area contributed by atoms with Crippen molar-refractivity contribution in [1.29, 1.82) is 0 Å². The number of hydrogen-bond acceptors (Lipinski definition) is 5. The molecule has 0 bridgehead atoms. The molecule has 1 unspecified atom stereocenters. The maximum Gasteiger partial charge on any atom is 0.165 e. The van der Waals surface area contributed by atoms with E-state index in [-0.39, 0.29) is 6.10 Å². The number of aryl methyl sites for hydroxylation is 2. The lowest BCUT2D eigenvalue weighted by molar-refractivity contribution is 0.0978. The van der Waals surface area contributed by atoms with Gasteiger partial charge >= 0.3 is 0 Å². The standard InChI is InChI=1S/C18H21N5O/c1-12-6-13(2)8-14(7-12)22-17-16-18(20-10-19-17)23(11-21-16)9-15-4-3-5-24-15/h6-8,10-11,15H,3-5,9H2,1-2H3,(H,19,20,22). The summed E-state index contributed by atoms with van der Waals surface area (Å²) in [6.07, 6.45) is 5.90. The number of rotatable bonds is 4. The molecule has 0 radical (unpaired) electrons. The summed E-state index contributed by atoms with van der Waals surface area (Å²) in [6, 6.07) is 6.35. The van der Waals surface area contributed by atoms with E-state index < -0.39 is 0 Å². The first-order valence-electron chi connectivity index (χ1n) is 8.32. The lowest BCUT2D eigenvalue weighted by Gasteiger charge is -2.11. The van der Waals surface area contributed by atoms with Crippen LogP contribution in [0.2, 0.25) is 0 Å². The Morgan fingerprint density at radius 3 is 2.75 bits per heavy atom. The van der Waals surface area contributed by atoms with Crippen LogP contribution in [0, 0.1) is 13.8 Å². The van der Waals surface area contributed by atoms with E-state index in [0.717, 1.165) is 48.7 Å². The van der Waals surface area contributed by atoms with Gasteiger partial charge in [0.2, 0.25) is 0 Å². The molecule has 1 saturated heterocycles. The van der Waals surface area contributed by atoms with Gasteiger partial charge in [-0.2, -0.15) is 0 Å². The number of aromatic nitrogens is 4. The summed E-state index contributed by atoms with van der Waals surface area (Å²) in [5, 5.41) is 3.38. The Bertz CT molecular complexity index is 847. The third-order valence-electron chi connectivity index (χ3n) is 4.31. The maximum absolute atomic E-state index is 5.72. The van der Waals surface area contributed by atoms with Crippen LogP contribution in [0.3, 0.4) is 0 Å². The van der Waals surface area contributed by atoms with Crippen molar-refractivity contribution in [1.82, 2.24) is 19.5 Å². The number of anilines is 2. The number of nitrogens with one attached hydrogen (secondary N) is 1. The van der Waals surface area contributed by atoms with Gasteiger partial charge in [-0.15, -0.1) is 0 Å². The molecule has 6 nitrogen and oxygen atoms in total. The van der Waals surface area contributed by atoms with Gasteiger partial charge in [0.05, 0.1) is 19.0 Å². The van der Waals surface area contributed by atoms with Gasteiger partial charge in [-0.3, -0.25) is 0 Å². The van der Waals surface area contributed by atoms with Crippen molar-refractivity contribution < 1.29 is 4.74 Å². The van der Waals surface area contributed by atoms with Crippen molar-refractivity contribution in [3.63, 3.8) is 0 Å². The molecule has 1 aliphatic rings. The SMILES string of the molecule is Cc1cc(C)cc(Nc2ncnc3c2ncn3CC2CCCO2)c1. The third-order valence-corrected chi connectivity index (χ3v) is 4.31. The average Bonchev–Trinajstić information content (AvgIpc) is 3.18. The van der Waals surface area contributed by atoms with Crippen molar-refractivity contribution in [2.75, 3.05) is 11.9 Å². The van der Waals surface area contributed by atoms with Crippen LogP contribution < -0.4 is 5.32 Å². The number of ether oxygens (including phenoxy) is 1. The fraction of sp³-hybridized carbons (Fsp3) is 0.389. The van der Waals surface area contributed by atoms with Crippen LogP contribution in [0.1, 0.15) is 24.0 Å². The quantitative estimate of drug-likeness (QED) is 0.797. The molecule has 0 spiro atoms. The summed E-state index contributed by atoms with van der Waals surface area (Å²) >= 11 is 0. The van der Waals surface area contributed by atoms with Gasteiger partial charge in [0.15, 0.2) is 17.0 Å². The van der Waals surface area contributed by atoms with E-state index in [9.17, 15) is 0 Å². The van der Waals surface area contributed by atoms with Crippen LogP contribution in [-0.2, 0) is 11.3 Å². The highest BCUT2D eigenvalue weighted by atomic mass is 16.5. The first-order chi connectivity index (χ1) is 11.7. The molecule has 124 valence electrons. The molecule has 1 N–H and O–H groups in total. The van der Waals surface area contributed by atoms with Gasteiger partial charge in [-0.1, -0.05) is 6.07 Å². The van der Waals surface area contributed by atoms with Gasteiger partial charge in [0.25, 0.3) is 0 Å². The zero-order valence-electron chi connectivity index (χ0n) is 14.0. The lowest BCUT2D eigenvalue weighted by atomic mass is 10.1. The van der Waals surface area contributed by atoms with E-state index >= 15 is 0 Å². The van der Waals surface area contributed by atoms with E-state index in [1.807, 2.05) is 6.33 Å².